The lowest BCUT2D eigenvalue weighted by Crippen LogP contribution is -2.11. The zero-order valence-electron chi connectivity index (χ0n) is 18.2. The highest BCUT2D eigenvalue weighted by molar-refractivity contribution is 5.97. The summed E-state index contributed by atoms with van der Waals surface area (Å²) < 4.78 is 45.9. The normalized spacial score (nSPS) is 12.4. The summed E-state index contributed by atoms with van der Waals surface area (Å²) in [7, 11) is 0. The highest BCUT2D eigenvalue weighted by Crippen LogP contribution is 2.44. The van der Waals surface area contributed by atoms with Gasteiger partial charge in [-0.1, -0.05) is 42.5 Å². The second-order valence-corrected chi connectivity index (χ2v) is 7.68. The number of hydrogen-bond donors (Lipinski definition) is 3. The van der Waals surface area contributed by atoms with Crippen molar-refractivity contribution in [2.45, 2.75) is 25.8 Å². The SMILES string of the molecule is CC(=O)c1ccc(OCc2ccc(C(O)c3cccc(-c4nn[nH]n4)c3)cc2)c(C(F)(F)F)c1O. The molecule has 1 unspecified atom stereocenters. The zero-order chi connectivity index (χ0) is 25.2. The van der Waals surface area contributed by atoms with Crippen molar-refractivity contribution in [3.05, 3.63) is 88.5 Å². The van der Waals surface area contributed by atoms with Crippen LogP contribution < -0.4 is 4.74 Å². The number of ketones is 1. The summed E-state index contributed by atoms with van der Waals surface area (Å²) in [6.45, 7) is 0.832. The van der Waals surface area contributed by atoms with Crippen molar-refractivity contribution in [1.29, 1.82) is 0 Å². The highest BCUT2D eigenvalue weighted by Gasteiger charge is 2.39. The molecule has 4 rings (SSSR count). The molecule has 0 spiro atoms. The van der Waals surface area contributed by atoms with Crippen LogP contribution in [0.4, 0.5) is 13.2 Å². The molecular formula is C24H19F3N4O4. The molecule has 0 saturated heterocycles. The molecule has 0 aliphatic carbocycles. The van der Waals surface area contributed by atoms with Crippen LogP contribution in [0.1, 0.15) is 45.6 Å². The number of hydrogen-bond acceptors (Lipinski definition) is 7. The molecule has 180 valence electrons. The molecule has 0 radical (unpaired) electrons. The molecule has 0 fully saturated rings. The minimum Gasteiger partial charge on any atom is -0.506 e. The summed E-state index contributed by atoms with van der Waals surface area (Å²) in [4.78, 5) is 11.5. The van der Waals surface area contributed by atoms with E-state index in [0.29, 0.717) is 28.1 Å². The Bertz CT molecular complexity index is 1340. The van der Waals surface area contributed by atoms with E-state index in [4.69, 9.17) is 4.74 Å². The van der Waals surface area contributed by atoms with E-state index in [1.165, 1.54) is 0 Å². The third-order valence-corrected chi connectivity index (χ3v) is 5.30. The Hall–Kier alpha value is -4.25. The molecule has 4 aromatic rings. The fraction of sp³-hybridized carbons (Fsp3) is 0.167. The first kappa shape index (κ1) is 23.9. The summed E-state index contributed by atoms with van der Waals surface area (Å²) in [5.74, 6) is -2.07. The number of alkyl halides is 3. The number of aliphatic hydroxyl groups is 1. The number of aromatic nitrogens is 4. The van der Waals surface area contributed by atoms with Gasteiger partial charge in [-0.05, 0) is 47.0 Å². The first-order valence-electron chi connectivity index (χ1n) is 10.3. The van der Waals surface area contributed by atoms with E-state index in [1.54, 1.807) is 48.5 Å². The molecule has 1 atom stereocenters. The zero-order valence-corrected chi connectivity index (χ0v) is 18.2. The molecule has 35 heavy (non-hydrogen) atoms. The maximum atomic E-state index is 13.5. The largest absolute Gasteiger partial charge is 0.506 e. The van der Waals surface area contributed by atoms with Gasteiger partial charge in [0, 0.05) is 5.56 Å². The Kier molecular flexibility index (Phi) is 6.52. The van der Waals surface area contributed by atoms with E-state index in [9.17, 15) is 28.2 Å². The minimum atomic E-state index is -4.92. The van der Waals surface area contributed by atoms with Crippen LogP contribution in [0.5, 0.6) is 11.5 Å². The number of phenols is 1. The molecular weight excluding hydrogens is 465 g/mol. The fourth-order valence-corrected chi connectivity index (χ4v) is 3.53. The Labute approximate surface area is 197 Å². The van der Waals surface area contributed by atoms with Crippen LogP contribution >= 0.6 is 0 Å². The molecule has 8 nitrogen and oxygen atoms in total. The number of aliphatic hydroxyl groups excluding tert-OH is 1. The predicted molar refractivity (Wildman–Crippen MR) is 118 cm³/mol. The van der Waals surface area contributed by atoms with Gasteiger partial charge < -0.3 is 14.9 Å². The average Bonchev–Trinajstić information content (AvgIpc) is 3.37. The number of H-pyrrole nitrogens is 1. The lowest BCUT2D eigenvalue weighted by atomic mass is 9.98. The number of phenolic OH excluding ortho intramolecular Hbond substituents is 1. The number of Topliss-reactive ketones (excluding diaryl/α,β-unsaturated/α-hetero) is 1. The number of rotatable bonds is 7. The Balaban J connectivity index is 1.50. The topological polar surface area (TPSA) is 121 Å². The molecule has 1 aromatic heterocycles. The molecule has 0 aliphatic rings. The summed E-state index contributed by atoms with van der Waals surface area (Å²) in [5, 5.41) is 34.5. The van der Waals surface area contributed by atoms with Crippen LogP contribution in [0.3, 0.4) is 0 Å². The molecule has 3 aromatic carbocycles. The maximum Gasteiger partial charge on any atom is 0.423 e. The van der Waals surface area contributed by atoms with Crippen molar-refractivity contribution < 1.29 is 32.9 Å². The van der Waals surface area contributed by atoms with E-state index < -0.39 is 40.7 Å². The van der Waals surface area contributed by atoms with E-state index >= 15 is 0 Å². The van der Waals surface area contributed by atoms with Crippen molar-refractivity contribution in [2.24, 2.45) is 0 Å². The number of halogens is 3. The number of ether oxygens (including phenoxy) is 1. The van der Waals surface area contributed by atoms with Gasteiger partial charge in [0.25, 0.3) is 0 Å². The van der Waals surface area contributed by atoms with Gasteiger partial charge in [-0.25, -0.2) is 0 Å². The molecule has 0 aliphatic heterocycles. The van der Waals surface area contributed by atoms with Crippen LogP contribution in [0.25, 0.3) is 11.4 Å². The third kappa shape index (κ3) is 5.14. The number of nitrogens with one attached hydrogen (secondary N) is 1. The molecule has 1 heterocycles. The number of aromatic hydroxyl groups is 1. The molecule has 3 N–H and O–H groups in total. The Morgan fingerprint density at radius 3 is 2.46 bits per heavy atom. The van der Waals surface area contributed by atoms with Crippen LogP contribution in [0.15, 0.2) is 60.7 Å². The number of carbonyl (C=O) groups excluding carboxylic acids is 1. The van der Waals surface area contributed by atoms with Gasteiger partial charge in [0.15, 0.2) is 5.78 Å². The number of nitrogens with zero attached hydrogens (tertiary/aromatic N) is 3. The van der Waals surface area contributed by atoms with Crippen LogP contribution in [0.2, 0.25) is 0 Å². The number of tetrazole rings is 1. The Morgan fingerprint density at radius 1 is 1.09 bits per heavy atom. The molecule has 0 saturated carbocycles. The van der Waals surface area contributed by atoms with Crippen LogP contribution in [-0.4, -0.2) is 36.6 Å². The lowest BCUT2D eigenvalue weighted by molar-refractivity contribution is -0.140. The van der Waals surface area contributed by atoms with E-state index in [2.05, 4.69) is 20.6 Å². The smallest absolute Gasteiger partial charge is 0.423 e. The second kappa shape index (κ2) is 9.55. The maximum absolute atomic E-state index is 13.5. The van der Waals surface area contributed by atoms with Crippen molar-refractivity contribution >= 4 is 5.78 Å². The van der Waals surface area contributed by atoms with Crippen LogP contribution in [0, 0.1) is 0 Å². The van der Waals surface area contributed by atoms with Crippen LogP contribution in [-0.2, 0) is 12.8 Å². The quantitative estimate of drug-likeness (QED) is 0.331. The molecule has 11 heteroatoms. The van der Waals surface area contributed by atoms with E-state index in [-0.39, 0.29) is 6.61 Å². The molecule has 0 bridgehead atoms. The van der Waals surface area contributed by atoms with Gasteiger partial charge in [-0.3, -0.25) is 4.79 Å². The second-order valence-electron chi connectivity index (χ2n) is 7.68. The summed E-state index contributed by atoms with van der Waals surface area (Å²) in [5.41, 5.74) is 0.500. The number of aromatic amines is 1. The number of benzene rings is 3. The van der Waals surface area contributed by atoms with Crippen molar-refractivity contribution in [1.82, 2.24) is 20.6 Å². The van der Waals surface area contributed by atoms with E-state index in [1.807, 2.05) is 0 Å². The van der Waals surface area contributed by atoms with Gasteiger partial charge >= 0.3 is 6.18 Å². The number of carbonyl (C=O) groups is 1. The first-order valence-corrected chi connectivity index (χ1v) is 10.3. The van der Waals surface area contributed by atoms with Gasteiger partial charge in [0.05, 0.1) is 5.56 Å². The molecule has 0 amide bonds. The summed E-state index contributed by atoms with van der Waals surface area (Å²) in [6.07, 6.45) is -5.89. The minimum absolute atomic E-state index is 0.231. The average molecular weight is 484 g/mol. The fourth-order valence-electron chi connectivity index (χ4n) is 3.53. The predicted octanol–water partition coefficient (Wildman–Crippen LogP) is 4.45. The summed E-state index contributed by atoms with van der Waals surface area (Å²) in [6, 6.07) is 15.6. The van der Waals surface area contributed by atoms with Gasteiger partial charge in [-0.15, -0.1) is 10.2 Å². The Morgan fingerprint density at radius 2 is 1.83 bits per heavy atom. The lowest BCUT2D eigenvalue weighted by Gasteiger charge is -2.17. The standard InChI is InChI=1S/C24H19F3N4O4/c1-13(32)18-9-10-19(20(22(18)34)24(25,26)27)35-12-14-5-7-15(8-6-14)21(33)16-3-2-4-17(11-16)23-28-30-31-29-23/h2-11,21,33-34H,12H2,1H3,(H,28,29,30,31). The van der Waals surface area contributed by atoms with Crippen molar-refractivity contribution in [2.75, 3.05) is 0 Å². The highest BCUT2D eigenvalue weighted by atomic mass is 19.4. The first-order chi connectivity index (χ1) is 16.6. The summed E-state index contributed by atoms with van der Waals surface area (Å²) >= 11 is 0. The van der Waals surface area contributed by atoms with Crippen molar-refractivity contribution in [3.63, 3.8) is 0 Å². The monoisotopic (exact) mass is 484 g/mol. The third-order valence-electron chi connectivity index (χ3n) is 5.30. The van der Waals surface area contributed by atoms with E-state index in [0.717, 1.165) is 19.1 Å². The van der Waals surface area contributed by atoms with Gasteiger partial charge in [-0.2, -0.15) is 18.4 Å². The van der Waals surface area contributed by atoms with Gasteiger partial charge in [0.1, 0.15) is 29.8 Å². The van der Waals surface area contributed by atoms with Crippen molar-refractivity contribution in [3.8, 4) is 22.9 Å². The van der Waals surface area contributed by atoms with Gasteiger partial charge in [0.2, 0.25) is 5.82 Å².